The van der Waals surface area contributed by atoms with E-state index in [2.05, 4.69) is 22.3 Å². The van der Waals surface area contributed by atoms with E-state index in [0.29, 0.717) is 12.4 Å². The Morgan fingerprint density at radius 2 is 2.13 bits per heavy atom. The third-order valence-corrected chi connectivity index (χ3v) is 4.45. The van der Waals surface area contributed by atoms with Crippen LogP contribution in [0, 0.1) is 5.92 Å². The minimum Gasteiger partial charge on any atom is -0.471 e. The highest BCUT2D eigenvalue weighted by atomic mass is 16.5. The number of nitrogens with zero attached hydrogens (tertiary/aromatic N) is 4. The molecule has 1 aliphatic carbocycles. The lowest BCUT2D eigenvalue weighted by molar-refractivity contribution is -0.135. The lowest BCUT2D eigenvalue weighted by Gasteiger charge is -2.24. The van der Waals surface area contributed by atoms with E-state index in [1.165, 1.54) is 0 Å². The van der Waals surface area contributed by atoms with Gasteiger partial charge in [0.25, 0.3) is 0 Å². The number of likely N-dealkylation sites (tertiary alicyclic amines) is 1. The van der Waals surface area contributed by atoms with Crippen molar-refractivity contribution < 1.29 is 9.53 Å². The second-order valence-corrected chi connectivity index (χ2v) is 6.42. The molecule has 2 unspecified atom stereocenters. The van der Waals surface area contributed by atoms with Gasteiger partial charge in [-0.05, 0) is 25.3 Å². The van der Waals surface area contributed by atoms with Crippen molar-refractivity contribution in [2.75, 3.05) is 32.1 Å². The molecule has 1 fully saturated rings. The Bertz CT molecular complexity index is 570. The Labute approximate surface area is 137 Å². The molecule has 2 atom stereocenters. The molecule has 1 aliphatic heterocycles. The van der Waals surface area contributed by atoms with Gasteiger partial charge >= 0.3 is 0 Å². The van der Waals surface area contributed by atoms with E-state index in [1.807, 2.05) is 36.0 Å². The number of carbonyl (C=O) groups is 1. The summed E-state index contributed by atoms with van der Waals surface area (Å²) in [6.45, 7) is 1.42. The van der Waals surface area contributed by atoms with Crippen LogP contribution in [-0.4, -0.2) is 54.3 Å². The molecule has 6 heteroatoms. The van der Waals surface area contributed by atoms with Crippen molar-refractivity contribution in [3.63, 3.8) is 0 Å². The van der Waals surface area contributed by atoms with Crippen LogP contribution in [0.4, 0.5) is 5.82 Å². The van der Waals surface area contributed by atoms with Gasteiger partial charge in [0, 0.05) is 39.0 Å². The Hall–Kier alpha value is -2.11. The quantitative estimate of drug-likeness (QED) is 0.794. The predicted molar refractivity (Wildman–Crippen MR) is 88.5 cm³/mol. The minimum absolute atomic E-state index is 0.0117. The summed E-state index contributed by atoms with van der Waals surface area (Å²) >= 11 is 0. The van der Waals surface area contributed by atoms with Crippen molar-refractivity contribution in [2.45, 2.75) is 31.8 Å². The molecular weight excluding hydrogens is 292 g/mol. The molecule has 0 aromatic carbocycles. The molecule has 1 aromatic rings. The number of allylic oxidation sites excluding steroid dienone is 2. The standard InChI is InChI=1S/C17H24N4O2/c1-20(2)15-8-9-16(19-18-15)23-14-10-11-21(12-14)17(22)13-6-4-3-5-7-13/h3-4,8-9,13-14H,5-7,10-12H2,1-2H3. The van der Waals surface area contributed by atoms with Gasteiger partial charge < -0.3 is 14.5 Å². The molecule has 0 bridgehead atoms. The Morgan fingerprint density at radius 3 is 2.78 bits per heavy atom. The summed E-state index contributed by atoms with van der Waals surface area (Å²) in [5.74, 6) is 1.74. The van der Waals surface area contributed by atoms with Crippen LogP contribution in [0.15, 0.2) is 24.3 Å². The van der Waals surface area contributed by atoms with Gasteiger partial charge in [0.05, 0.1) is 6.54 Å². The summed E-state index contributed by atoms with van der Waals surface area (Å²) in [7, 11) is 3.84. The van der Waals surface area contributed by atoms with Crippen molar-refractivity contribution in [2.24, 2.45) is 5.92 Å². The molecule has 1 saturated heterocycles. The molecule has 2 heterocycles. The fourth-order valence-corrected chi connectivity index (χ4v) is 3.09. The van der Waals surface area contributed by atoms with Crippen LogP contribution >= 0.6 is 0 Å². The maximum absolute atomic E-state index is 12.5. The topological polar surface area (TPSA) is 58.6 Å². The van der Waals surface area contributed by atoms with Gasteiger partial charge in [0.1, 0.15) is 6.10 Å². The summed E-state index contributed by atoms with van der Waals surface area (Å²) in [5, 5.41) is 8.21. The summed E-state index contributed by atoms with van der Waals surface area (Å²) in [4.78, 5) is 16.4. The van der Waals surface area contributed by atoms with Crippen molar-refractivity contribution >= 4 is 11.7 Å². The number of aromatic nitrogens is 2. The van der Waals surface area contributed by atoms with E-state index < -0.39 is 0 Å². The first kappa shape index (κ1) is 15.8. The SMILES string of the molecule is CN(C)c1ccc(OC2CCN(C(=O)C3CC=CCC3)C2)nn1. The number of carbonyl (C=O) groups excluding carboxylic acids is 1. The van der Waals surface area contributed by atoms with Crippen LogP contribution in [0.3, 0.4) is 0 Å². The normalized spacial score (nSPS) is 23.8. The number of anilines is 1. The van der Waals surface area contributed by atoms with E-state index in [-0.39, 0.29) is 17.9 Å². The van der Waals surface area contributed by atoms with Crippen LogP contribution in [0.5, 0.6) is 5.88 Å². The summed E-state index contributed by atoms with van der Waals surface area (Å²) in [5.41, 5.74) is 0. The van der Waals surface area contributed by atoms with E-state index in [0.717, 1.165) is 38.0 Å². The van der Waals surface area contributed by atoms with Crippen LogP contribution in [-0.2, 0) is 4.79 Å². The van der Waals surface area contributed by atoms with E-state index in [9.17, 15) is 4.79 Å². The lowest BCUT2D eigenvalue weighted by atomic mass is 9.93. The zero-order valence-electron chi connectivity index (χ0n) is 13.8. The molecular formula is C17H24N4O2. The minimum atomic E-state index is 0.0117. The Balaban J connectivity index is 1.53. The van der Waals surface area contributed by atoms with Crippen molar-refractivity contribution in [1.82, 2.24) is 15.1 Å². The Morgan fingerprint density at radius 1 is 1.26 bits per heavy atom. The Kier molecular flexibility index (Phi) is 4.79. The maximum atomic E-state index is 12.5. The third kappa shape index (κ3) is 3.81. The van der Waals surface area contributed by atoms with Crippen LogP contribution in [0.25, 0.3) is 0 Å². The molecule has 2 aliphatic rings. The van der Waals surface area contributed by atoms with E-state index >= 15 is 0 Å². The van der Waals surface area contributed by atoms with Gasteiger partial charge in [0.15, 0.2) is 5.82 Å². The fourth-order valence-electron chi connectivity index (χ4n) is 3.09. The van der Waals surface area contributed by atoms with Crippen LogP contribution in [0.1, 0.15) is 25.7 Å². The highest BCUT2D eigenvalue weighted by Crippen LogP contribution is 2.24. The molecule has 0 spiro atoms. The van der Waals surface area contributed by atoms with Gasteiger partial charge in [-0.25, -0.2) is 0 Å². The molecule has 1 amide bonds. The molecule has 1 aromatic heterocycles. The van der Waals surface area contributed by atoms with Gasteiger partial charge in [-0.2, -0.15) is 0 Å². The second kappa shape index (κ2) is 6.98. The number of ether oxygens (including phenoxy) is 1. The number of hydrogen-bond acceptors (Lipinski definition) is 5. The predicted octanol–water partition coefficient (Wildman–Crippen LogP) is 1.88. The number of amides is 1. The average molecular weight is 316 g/mol. The van der Waals surface area contributed by atoms with Gasteiger partial charge in [-0.15, -0.1) is 10.2 Å². The molecule has 124 valence electrons. The molecule has 0 radical (unpaired) electrons. The van der Waals surface area contributed by atoms with Gasteiger partial charge in [-0.3, -0.25) is 4.79 Å². The zero-order valence-corrected chi connectivity index (χ0v) is 13.8. The smallest absolute Gasteiger partial charge is 0.233 e. The number of hydrogen-bond donors (Lipinski definition) is 0. The maximum Gasteiger partial charge on any atom is 0.233 e. The molecule has 23 heavy (non-hydrogen) atoms. The molecule has 0 saturated carbocycles. The summed E-state index contributed by atoms with van der Waals surface area (Å²) < 4.78 is 5.88. The van der Waals surface area contributed by atoms with Crippen molar-refractivity contribution in [1.29, 1.82) is 0 Å². The first-order valence-electron chi connectivity index (χ1n) is 8.25. The zero-order chi connectivity index (χ0) is 16.2. The largest absolute Gasteiger partial charge is 0.471 e. The molecule has 6 nitrogen and oxygen atoms in total. The van der Waals surface area contributed by atoms with Crippen LogP contribution < -0.4 is 9.64 Å². The first-order valence-corrected chi connectivity index (χ1v) is 8.25. The highest BCUT2D eigenvalue weighted by molar-refractivity contribution is 5.79. The van der Waals surface area contributed by atoms with Crippen molar-refractivity contribution in [3.05, 3.63) is 24.3 Å². The second-order valence-electron chi connectivity index (χ2n) is 6.42. The van der Waals surface area contributed by atoms with E-state index in [1.54, 1.807) is 0 Å². The number of rotatable bonds is 4. The monoisotopic (exact) mass is 316 g/mol. The first-order chi connectivity index (χ1) is 11.1. The van der Waals surface area contributed by atoms with Crippen LogP contribution in [0.2, 0.25) is 0 Å². The molecule has 0 N–H and O–H groups in total. The highest BCUT2D eigenvalue weighted by Gasteiger charge is 2.31. The fraction of sp³-hybridized carbons (Fsp3) is 0.588. The average Bonchev–Trinajstić information content (AvgIpc) is 3.04. The van der Waals surface area contributed by atoms with Gasteiger partial charge in [-0.1, -0.05) is 12.2 Å². The molecule has 3 rings (SSSR count). The summed E-state index contributed by atoms with van der Waals surface area (Å²) in [6, 6.07) is 3.72. The summed E-state index contributed by atoms with van der Waals surface area (Å²) in [6.07, 6.45) is 8.00. The van der Waals surface area contributed by atoms with Gasteiger partial charge in [0.2, 0.25) is 11.8 Å². The lowest BCUT2D eigenvalue weighted by Crippen LogP contribution is -2.36. The third-order valence-electron chi connectivity index (χ3n) is 4.45. The van der Waals surface area contributed by atoms with Crippen molar-refractivity contribution in [3.8, 4) is 5.88 Å². The van der Waals surface area contributed by atoms with E-state index in [4.69, 9.17) is 4.74 Å².